The third-order valence-corrected chi connectivity index (χ3v) is 5.17. The predicted octanol–water partition coefficient (Wildman–Crippen LogP) is 1.44. The third-order valence-electron chi connectivity index (χ3n) is 5.17. The summed E-state index contributed by atoms with van der Waals surface area (Å²) >= 11 is 0. The summed E-state index contributed by atoms with van der Waals surface area (Å²) in [6, 6.07) is 9.74. The topological polar surface area (TPSA) is 59.4 Å². The van der Waals surface area contributed by atoms with Gasteiger partial charge < -0.3 is 14.6 Å². The molecule has 2 fully saturated rings. The smallest absolute Gasteiger partial charge is 0.267 e. The molecule has 6 heteroatoms. The second kappa shape index (κ2) is 6.98. The van der Waals surface area contributed by atoms with Gasteiger partial charge >= 0.3 is 0 Å². The minimum Gasteiger partial charge on any atom is -0.371 e. The lowest BCUT2D eigenvalue weighted by molar-refractivity contribution is 0.0370. The zero-order valence-electron chi connectivity index (χ0n) is 14.5. The Hall–Kier alpha value is -2.18. The molecular formula is C19H24N4O2. The lowest BCUT2D eigenvalue weighted by Gasteiger charge is -2.19. The SMILES string of the molecule is Cn1cccc1C(=O)NC[C@H]1C[C@@H]2CN(Cc3ccccn3)C[C@@H]2O1. The fourth-order valence-electron chi connectivity index (χ4n) is 3.92. The Kier molecular flexibility index (Phi) is 4.55. The summed E-state index contributed by atoms with van der Waals surface area (Å²) in [5.41, 5.74) is 1.79. The van der Waals surface area contributed by atoms with Crippen LogP contribution in [0.1, 0.15) is 22.6 Å². The highest BCUT2D eigenvalue weighted by atomic mass is 16.5. The number of hydrogen-bond donors (Lipinski definition) is 1. The Morgan fingerprint density at radius 3 is 2.96 bits per heavy atom. The molecule has 3 atom stereocenters. The molecule has 2 aromatic rings. The fourth-order valence-corrected chi connectivity index (χ4v) is 3.92. The minimum atomic E-state index is -0.0371. The number of hydrogen-bond acceptors (Lipinski definition) is 4. The van der Waals surface area contributed by atoms with Crippen LogP contribution in [-0.2, 0) is 18.3 Å². The van der Waals surface area contributed by atoms with Crippen molar-refractivity contribution in [3.63, 3.8) is 0 Å². The second-order valence-electron chi connectivity index (χ2n) is 7.02. The first-order chi connectivity index (χ1) is 12.2. The number of nitrogens with zero attached hydrogens (tertiary/aromatic N) is 3. The van der Waals surface area contributed by atoms with Crippen LogP contribution in [0.5, 0.6) is 0 Å². The number of fused-ring (bicyclic) bond motifs is 1. The Bertz CT molecular complexity index is 716. The van der Waals surface area contributed by atoms with Crippen molar-refractivity contribution in [2.75, 3.05) is 19.6 Å². The fraction of sp³-hybridized carbons (Fsp3) is 0.474. The minimum absolute atomic E-state index is 0.0371. The van der Waals surface area contributed by atoms with Crippen molar-refractivity contribution in [1.29, 1.82) is 0 Å². The van der Waals surface area contributed by atoms with Crippen LogP contribution < -0.4 is 5.32 Å². The van der Waals surface area contributed by atoms with Gasteiger partial charge in [0.1, 0.15) is 5.69 Å². The molecule has 25 heavy (non-hydrogen) atoms. The molecule has 2 aliphatic heterocycles. The zero-order valence-corrected chi connectivity index (χ0v) is 14.5. The van der Waals surface area contributed by atoms with E-state index in [1.807, 2.05) is 48.3 Å². The highest BCUT2D eigenvalue weighted by molar-refractivity contribution is 5.92. The maximum absolute atomic E-state index is 12.2. The van der Waals surface area contributed by atoms with E-state index < -0.39 is 0 Å². The van der Waals surface area contributed by atoms with Crippen LogP contribution in [0.25, 0.3) is 0 Å². The molecule has 0 aromatic carbocycles. The first kappa shape index (κ1) is 16.3. The number of pyridine rings is 1. The summed E-state index contributed by atoms with van der Waals surface area (Å²) in [6.45, 7) is 3.45. The van der Waals surface area contributed by atoms with Gasteiger partial charge in [-0.2, -0.15) is 0 Å². The van der Waals surface area contributed by atoms with Crippen LogP contribution in [0.4, 0.5) is 0 Å². The number of amides is 1. The molecule has 0 aliphatic carbocycles. The monoisotopic (exact) mass is 340 g/mol. The Balaban J connectivity index is 1.24. The molecule has 1 N–H and O–H groups in total. The highest BCUT2D eigenvalue weighted by Gasteiger charge is 2.41. The Morgan fingerprint density at radius 2 is 2.24 bits per heavy atom. The number of carbonyl (C=O) groups is 1. The molecule has 2 aromatic heterocycles. The van der Waals surface area contributed by atoms with Crippen LogP contribution in [0.3, 0.4) is 0 Å². The molecule has 2 saturated heterocycles. The molecular weight excluding hydrogens is 316 g/mol. The van der Waals surface area contributed by atoms with Gasteiger partial charge in [-0.25, -0.2) is 0 Å². The number of ether oxygens (including phenoxy) is 1. The van der Waals surface area contributed by atoms with Gasteiger partial charge in [0, 0.05) is 51.5 Å². The molecule has 0 unspecified atom stereocenters. The zero-order chi connectivity index (χ0) is 17.2. The lowest BCUT2D eigenvalue weighted by Crippen LogP contribution is -2.34. The van der Waals surface area contributed by atoms with Crippen LogP contribution >= 0.6 is 0 Å². The van der Waals surface area contributed by atoms with E-state index in [1.165, 1.54) is 0 Å². The molecule has 132 valence electrons. The van der Waals surface area contributed by atoms with Gasteiger partial charge in [-0.1, -0.05) is 6.07 Å². The number of likely N-dealkylation sites (tertiary alicyclic amines) is 1. The molecule has 0 saturated carbocycles. The van der Waals surface area contributed by atoms with Gasteiger partial charge in [0.2, 0.25) is 0 Å². The number of rotatable bonds is 5. The van der Waals surface area contributed by atoms with Crippen LogP contribution in [0.15, 0.2) is 42.7 Å². The van der Waals surface area contributed by atoms with Gasteiger partial charge in [-0.15, -0.1) is 0 Å². The Morgan fingerprint density at radius 1 is 1.32 bits per heavy atom. The van der Waals surface area contributed by atoms with Gasteiger partial charge in [0.05, 0.1) is 17.9 Å². The molecule has 2 aliphatic rings. The quantitative estimate of drug-likeness (QED) is 0.895. The number of carbonyl (C=O) groups excluding carboxylic acids is 1. The summed E-state index contributed by atoms with van der Waals surface area (Å²) in [4.78, 5) is 19.0. The number of nitrogens with one attached hydrogen (secondary N) is 1. The van der Waals surface area contributed by atoms with Gasteiger partial charge in [0.15, 0.2) is 0 Å². The van der Waals surface area contributed by atoms with Crippen molar-refractivity contribution in [3.8, 4) is 0 Å². The largest absolute Gasteiger partial charge is 0.371 e. The van der Waals surface area contributed by atoms with Crippen molar-refractivity contribution < 1.29 is 9.53 Å². The maximum atomic E-state index is 12.2. The highest BCUT2D eigenvalue weighted by Crippen LogP contribution is 2.33. The first-order valence-electron chi connectivity index (χ1n) is 8.86. The number of aryl methyl sites for hydroxylation is 1. The van der Waals surface area contributed by atoms with E-state index in [4.69, 9.17) is 4.74 Å². The molecule has 6 nitrogen and oxygen atoms in total. The van der Waals surface area contributed by atoms with Crippen molar-refractivity contribution in [3.05, 3.63) is 54.1 Å². The summed E-state index contributed by atoms with van der Waals surface area (Å²) in [7, 11) is 1.88. The molecule has 4 rings (SSSR count). The van der Waals surface area contributed by atoms with Gasteiger partial charge in [-0.3, -0.25) is 14.7 Å². The van der Waals surface area contributed by atoms with Crippen molar-refractivity contribution in [1.82, 2.24) is 19.8 Å². The van der Waals surface area contributed by atoms with Crippen molar-refractivity contribution in [2.45, 2.75) is 25.2 Å². The molecule has 1 amide bonds. The molecule has 4 heterocycles. The van der Waals surface area contributed by atoms with Crippen LogP contribution in [0.2, 0.25) is 0 Å². The summed E-state index contributed by atoms with van der Waals surface area (Å²) < 4.78 is 8.00. The van der Waals surface area contributed by atoms with Crippen molar-refractivity contribution in [2.24, 2.45) is 13.0 Å². The number of aromatic nitrogens is 2. The standard InChI is InChI=1S/C19H24N4O2/c1-22-8-4-6-17(22)19(24)21-10-16-9-14-11-23(13-18(14)25-16)12-15-5-2-3-7-20-15/h2-8,14,16,18H,9-13H2,1H3,(H,21,24)/t14-,16-,18+/m1/s1. The first-order valence-corrected chi connectivity index (χ1v) is 8.86. The van der Waals surface area contributed by atoms with E-state index in [-0.39, 0.29) is 18.1 Å². The summed E-state index contributed by atoms with van der Waals surface area (Å²) in [6.07, 6.45) is 5.13. The maximum Gasteiger partial charge on any atom is 0.267 e. The molecule has 0 spiro atoms. The van der Waals surface area contributed by atoms with E-state index >= 15 is 0 Å². The average Bonchev–Trinajstić information content (AvgIpc) is 3.28. The van der Waals surface area contributed by atoms with Crippen LogP contribution in [-0.4, -0.2) is 52.2 Å². The van der Waals surface area contributed by atoms with E-state index in [0.717, 1.165) is 31.7 Å². The normalized spacial score (nSPS) is 25.9. The summed E-state index contributed by atoms with van der Waals surface area (Å²) in [5, 5.41) is 3.00. The van der Waals surface area contributed by atoms with E-state index in [1.54, 1.807) is 0 Å². The van der Waals surface area contributed by atoms with E-state index in [9.17, 15) is 4.79 Å². The van der Waals surface area contributed by atoms with Crippen molar-refractivity contribution >= 4 is 5.91 Å². The summed E-state index contributed by atoms with van der Waals surface area (Å²) in [5.74, 6) is 0.519. The molecule has 0 bridgehead atoms. The van der Waals surface area contributed by atoms with Gasteiger partial charge in [0.25, 0.3) is 5.91 Å². The second-order valence-corrected chi connectivity index (χ2v) is 7.02. The lowest BCUT2D eigenvalue weighted by atomic mass is 10.0. The third kappa shape index (κ3) is 3.60. The van der Waals surface area contributed by atoms with E-state index in [0.29, 0.717) is 18.2 Å². The molecule has 0 radical (unpaired) electrons. The average molecular weight is 340 g/mol. The van der Waals surface area contributed by atoms with E-state index in [2.05, 4.69) is 21.3 Å². The van der Waals surface area contributed by atoms with Gasteiger partial charge in [-0.05, 0) is 30.7 Å². The van der Waals surface area contributed by atoms with Crippen LogP contribution in [0, 0.1) is 5.92 Å². The Labute approximate surface area is 147 Å². The predicted molar refractivity (Wildman–Crippen MR) is 94.0 cm³/mol.